The Hall–Kier alpha value is -1.63. The third-order valence-electron chi connectivity index (χ3n) is 4.05. The molecular weight excluding hydrogens is 268 g/mol. The van der Waals surface area contributed by atoms with Gasteiger partial charge < -0.3 is 19.3 Å². The van der Waals surface area contributed by atoms with Crippen LogP contribution in [0.2, 0.25) is 0 Å². The Balaban J connectivity index is 1.86. The molecule has 7 heteroatoms. The standard InChI is InChI=1S/C13H16O7/c1-13(2,3)12(17)20-9-6-4(10(14)15)5-7(18-6)8(9)19-11(5)16/h4-9H,1-3H3,(H,14,15). The molecule has 3 fully saturated rings. The summed E-state index contributed by atoms with van der Waals surface area (Å²) in [6.45, 7) is 5.09. The molecule has 3 aliphatic rings. The van der Waals surface area contributed by atoms with E-state index < -0.39 is 59.6 Å². The van der Waals surface area contributed by atoms with E-state index in [1.54, 1.807) is 20.8 Å². The number of rotatable bonds is 2. The van der Waals surface area contributed by atoms with E-state index in [1.165, 1.54) is 0 Å². The predicted octanol–water partition coefficient (Wildman–Crippen LogP) is -0.0323. The van der Waals surface area contributed by atoms with E-state index in [4.69, 9.17) is 14.2 Å². The van der Waals surface area contributed by atoms with Crippen LogP contribution in [0.3, 0.4) is 0 Å². The zero-order valence-electron chi connectivity index (χ0n) is 11.4. The summed E-state index contributed by atoms with van der Waals surface area (Å²) in [6, 6.07) is 0. The quantitative estimate of drug-likeness (QED) is 0.711. The number of carbonyl (C=O) groups is 3. The SMILES string of the molecule is CC(C)(C)C(=O)OC1C2OC(=O)C3C2OC1C3C(=O)O. The van der Waals surface area contributed by atoms with Gasteiger partial charge in [-0.15, -0.1) is 0 Å². The molecule has 0 aromatic heterocycles. The molecule has 0 spiro atoms. The third-order valence-corrected chi connectivity index (χ3v) is 4.05. The van der Waals surface area contributed by atoms with Crippen LogP contribution < -0.4 is 0 Å². The molecule has 0 aliphatic carbocycles. The second-order valence-electron chi connectivity index (χ2n) is 6.48. The molecule has 3 rings (SSSR count). The summed E-state index contributed by atoms with van der Waals surface area (Å²) in [5, 5.41) is 9.26. The van der Waals surface area contributed by atoms with Crippen molar-refractivity contribution in [3.63, 3.8) is 0 Å². The van der Waals surface area contributed by atoms with Crippen molar-refractivity contribution < 1.29 is 33.7 Å². The van der Waals surface area contributed by atoms with E-state index in [-0.39, 0.29) is 0 Å². The number of fused-ring (bicyclic) bond motifs is 1. The molecule has 6 unspecified atom stereocenters. The van der Waals surface area contributed by atoms with Gasteiger partial charge in [0.25, 0.3) is 0 Å². The molecule has 6 atom stereocenters. The minimum Gasteiger partial charge on any atom is -0.481 e. The van der Waals surface area contributed by atoms with Gasteiger partial charge in [0, 0.05) is 0 Å². The summed E-state index contributed by atoms with van der Waals surface area (Å²) in [4.78, 5) is 35.0. The molecular formula is C13H16O7. The fraction of sp³-hybridized carbons (Fsp3) is 0.769. The van der Waals surface area contributed by atoms with E-state index in [2.05, 4.69) is 0 Å². The van der Waals surface area contributed by atoms with Crippen molar-refractivity contribution in [2.24, 2.45) is 17.3 Å². The molecule has 1 N–H and O–H groups in total. The van der Waals surface area contributed by atoms with E-state index in [9.17, 15) is 19.5 Å². The molecule has 2 bridgehead atoms. The molecule has 110 valence electrons. The maximum absolute atomic E-state index is 12.0. The van der Waals surface area contributed by atoms with Crippen molar-refractivity contribution >= 4 is 17.9 Å². The van der Waals surface area contributed by atoms with E-state index >= 15 is 0 Å². The fourth-order valence-electron chi connectivity index (χ4n) is 3.05. The molecule has 3 aliphatic heterocycles. The number of esters is 2. The number of aliphatic carboxylic acids is 1. The molecule has 7 nitrogen and oxygen atoms in total. The highest BCUT2D eigenvalue weighted by atomic mass is 16.7. The number of hydrogen-bond donors (Lipinski definition) is 1. The van der Waals surface area contributed by atoms with Crippen LogP contribution >= 0.6 is 0 Å². The molecule has 3 heterocycles. The van der Waals surface area contributed by atoms with Gasteiger partial charge in [-0.3, -0.25) is 14.4 Å². The number of hydrogen-bond acceptors (Lipinski definition) is 6. The van der Waals surface area contributed by atoms with Crippen LogP contribution in [0.25, 0.3) is 0 Å². The second kappa shape index (κ2) is 3.94. The number of carboxylic acids is 1. The van der Waals surface area contributed by atoms with Crippen LogP contribution in [0, 0.1) is 17.3 Å². The number of ether oxygens (including phenoxy) is 3. The highest BCUT2D eigenvalue weighted by molar-refractivity contribution is 5.86. The molecule has 20 heavy (non-hydrogen) atoms. The zero-order valence-corrected chi connectivity index (χ0v) is 11.4. The van der Waals surface area contributed by atoms with Crippen molar-refractivity contribution in [3.05, 3.63) is 0 Å². The minimum atomic E-state index is -1.13. The first-order valence-corrected chi connectivity index (χ1v) is 6.51. The lowest BCUT2D eigenvalue weighted by Crippen LogP contribution is -2.48. The van der Waals surface area contributed by atoms with Crippen LogP contribution in [-0.2, 0) is 28.6 Å². The van der Waals surface area contributed by atoms with Crippen molar-refractivity contribution in [2.45, 2.75) is 45.2 Å². The maximum Gasteiger partial charge on any atom is 0.313 e. The lowest BCUT2D eigenvalue weighted by atomic mass is 9.78. The summed E-state index contributed by atoms with van der Waals surface area (Å²) >= 11 is 0. The summed E-state index contributed by atoms with van der Waals surface area (Å²) in [7, 11) is 0. The van der Waals surface area contributed by atoms with Crippen molar-refractivity contribution in [1.29, 1.82) is 0 Å². The molecule has 0 radical (unpaired) electrons. The predicted molar refractivity (Wildman–Crippen MR) is 62.5 cm³/mol. The average Bonchev–Trinajstić information content (AvgIpc) is 2.90. The van der Waals surface area contributed by atoms with Gasteiger partial charge >= 0.3 is 17.9 Å². The van der Waals surface area contributed by atoms with E-state index in [0.29, 0.717) is 0 Å². The van der Waals surface area contributed by atoms with Crippen molar-refractivity contribution in [3.8, 4) is 0 Å². The van der Waals surface area contributed by atoms with Crippen LogP contribution in [0.5, 0.6) is 0 Å². The average molecular weight is 284 g/mol. The first-order valence-electron chi connectivity index (χ1n) is 6.51. The Morgan fingerprint density at radius 3 is 2.40 bits per heavy atom. The van der Waals surface area contributed by atoms with Gasteiger partial charge in [-0.1, -0.05) is 0 Å². The van der Waals surface area contributed by atoms with Crippen LogP contribution in [-0.4, -0.2) is 47.4 Å². The van der Waals surface area contributed by atoms with Gasteiger partial charge in [-0.2, -0.15) is 0 Å². The fourth-order valence-corrected chi connectivity index (χ4v) is 3.05. The van der Waals surface area contributed by atoms with Crippen LogP contribution in [0.1, 0.15) is 20.8 Å². The highest BCUT2D eigenvalue weighted by Crippen LogP contribution is 2.51. The topological polar surface area (TPSA) is 99.1 Å². The van der Waals surface area contributed by atoms with Gasteiger partial charge in [0.2, 0.25) is 0 Å². The molecule has 3 saturated heterocycles. The lowest BCUT2D eigenvalue weighted by Gasteiger charge is -2.28. The maximum atomic E-state index is 12.0. The van der Waals surface area contributed by atoms with E-state index in [1.807, 2.05) is 0 Å². The summed E-state index contributed by atoms with van der Waals surface area (Å²) < 4.78 is 16.0. The highest BCUT2D eigenvalue weighted by Gasteiger charge is 2.71. The van der Waals surface area contributed by atoms with E-state index in [0.717, 1.165) is 0 Å². The van der Waals surface area contributed by atoms with Crippen molar-refractivity contribution in [1.82, 2.24) is 0 Å². The van der Waals surface area contributed by atoms with Gasteiger partial charge in [-0.25, -0.2) is 0 Å². The van der Waals surface area contributed by atoms with Gasteiger partial charge in [0.15, 0.2) is 12.2 Å². The Labute approximate surface area is 115 Å². The van der Waals surface area contributed by atoms with Gasteiger partial charge in [-0.05, 0) is 20.8 Å². The second-order valence-corrected chi connectivity index (χ2v) is 6.48. The Kier molecular flexibility index (Phi) is 2.63. The summed E-state index contributed by atoms with van der Waals surface area (Å²) in [5.74, 6) is -3.97. The monoisotopic (exact) mass is 284 g/mol. The third kappa shape index (κ3) is 1.65. The Morgan fingerprint density at radius 2 is 1.85 bits per heavy atom. The van der Waals surface area contributed by atoms with Crippen molar-refractivity contribution in [2.75, 3.05) is 0 Å². The number of carbonyl (C=O) groups excluding carboxylic acids is 2. The summed E-state index contributed by atoms with van der Waals surface area (Å²) in [5.41, 5.74) is -0.720. The Bertz CT molecular complexity index is 491. The minimum absolute atomic E-state index is 0.470. The summed E-state index contributed by atoms with van der Waals surface area (Å²) in [6.07, 6.45) is -2.95. The first-order chi connectivity index (χ1) is 9.21. The molecule has 0 aromatic rings. The zero-order chi connectivity index (χ0) is 14.8. The van der Waals surface area contributed by atoms with Crippen LogP contribution in [0.4, 0.5) is 0 Å². The normalized spacial score (nSPS) is 41.6. The first kappa shape index (κ1) is 13.4. The van der Waals surface area contributed by atoms with Crippen LogP contribution in [0.15, 0.2) is 0 Å². The largest absolute Gasteiger partial charge is 0.481 e. The molecule has 0 aromatic carbocycles. The van der Waals surface area contributed by atoms with Gasteiger partial charge in [0.1, 0.15) is 24.0 Å². The molecule has 0 saturated carbocycles. The number of carboxylic acid groups (broad SMARTS) is 1. The Morgan fingerprint density at radius 1 is 1.20 bits per heavy atom. The van der Waals surface area contributed by atoms with Gasteiger partial charge in [0.05, 0.1) is 5.41 Å². The molecule has 0 amide bonds. The smallest absolute Gasteiger partial charge is 0.313 e. The lowest BCUT2D eigenvalue weighted by molar-refractivity contribution is -0.170.